The highest BCUT2D eigenvalue weighted by atomic mass is 35.5. The smallest absolute Gasteiger partial charge is 0.311 e. The number of carbonyl (C=O) groups excluding carboxylic acids is 1. The van der Waals surface area contributed by atoms with Gasteiger partial charge >= 0.3 is 5.97 Å². The number of ether oxygens (including phenoxy) is 1. The zero-order valence-electron chi connectivity index (χ0n) is 12.3. The molecule has 24 heavy (non-hydrogen) atoms. The Hall–Kier alpha value is -1.77. The molecule has 0 aliphatic carbocycles. The van der Waals surface area contributed by atoms with E-state index in [1.807, 2.05) is 0 Å². The maximum absolute atomic E-state index is 13.7. The van der Waals surface area contributed by atoms with Crippen LogP contribution in [0.5, 0.6) is 0 Å². The standard InChI is InChI=1S/C14H11Cl2F2N3O2S/c1-2-23-11(22)3-7-6-24-14(20-7)21-19-5-8-12(16)9(15)4-10(17)13(8)18/h4-6H,2-3H2,1H3,(H,20,21). The van der Waals surface area contributed by atoms with Crippen molar-refractivity contribution in [1.29, 1.82) is 0 Å². The number of thiazole rings is 1. The number of carbonyl (C=O) groups is 1. The number of rotatable bonds is 6. The van der Waals surface area contributed by atoms with Crippen LogP contribution in [-0.2, 0) is 16.0 Å². The molecule has 0 amide bonds. The third kappa shape index (κ3) is 4.62. The summed E-state index contributed by atoms with van der Waals surface area (Å²) in [5.41, 5.74) is 2.77. The Morgan fingerprint density at radius 2 is 2.25 bits per heavy atom. The van der Waals surface area contributed by atoms with Gasteiger partial charge in [-0.25, -0.2) is 13.8 Å². The Bertz CT molecular complexity index is 757. The van der Waals surface area contributed by atoms with Crippen LogP contribution in [0.4, 0.5) is 13.9 Å². The number of nitrogens with one attached hydrogen (secondary N) is 1. The number of aromatic nitrogens is 1. The molecule has 0 unspecified atom stereocenters. The molecule has 0 saturated heterocycles. The molecular formula is C14H11Cl2F2N3O2S. The van der Waals surface area contributed by atoms with Crippen molar-refractivity contribution in [2.75, 3.05) is 12.0 Å². The van der Waals surface area contributed by atoms with Crippen molar-refractivity contribution >= 4 is 51.9 Å². The van der Waals surface area contributed by atoms with Crippen LogP contribution < -0.4 is 5.43 Å². The number of esters is 1. The predicted octanol–water partition coefficient (Wildman–Crippen LogP) is 4.28. The van der Waals surface area contributed by atoms with Gasteiger partial charge in [-0.05, 0) is 13.0 Å². The second-order valence-electron chi connectivity index (χ2n) is 4.38. The van der Waals surface area contributed by atoms with Crippen molar-refractivity contribution in [3.63, 3.8) is 0 Å². The van der Waals surface area contributed by atoms with Crippen LogP contribution in [0.1, 0.15) is 18.2 Å². The van der Waals surface area contributed by atoms with Gasteiger partial charge in [-0.3, -0.25) is 10.2 Å². The van der Waals surface area contributed by atoms with Crippen molar-refractivity contribution in [2.24, 2.45) is 5.10 Å². The average Bonchev–Trinajstić information content (AvgIpc) is 2.96. The summed E-state index contributed by atoms with van der Waals surface area (Å²) in [4.78, 5) is 15.5. The molecule has 0 spiro atoms. The van der Waals surface area contributed by atoms with Crippen LogP contribution >= 0.6 is 34.5 Å². The first-order chi connectivity index (χ1) is 11.4. The summed E-state index contributed by atoms with van der Waals surface area (Å²) >= 11 is 12.7. The number of anilines is 1. The van der Waals surface area contributed by atoms with Gasteiger partial charge in [0.1, 0.15) is 0 Å². The first-order valence-corrected chi connectivity index (χ1v) is 8.28. The number of halogens is 4. The highest BCUT2D eigenvalue weighted by Gasteiger charge is 2.15. The lowest BCUT2D eigenvalue weighted by molar-refractivity contribution is -0.142. The monoisotopic (exact) mass is 393 g/mol. The lowest BCUT2D eigenvalue weighted by Gasteiger charge is -2.03. The number of hydrazone groups is 1. The summed E-state index contributed by atoms with van der Waals surface area (Å²) in [6.07, 6.45) is 1.04. The maximum atomic E-state index is 13.7. The zero-order chi connectivity index (χ0) is 17.7. The lowest BCUT2D eigenvalue weighted by atomic mass is 10.2. The van der Waals surface area contributed by atoms with Gasteiger partial charge in [0.15, 0.2) is 11.6 Å². The molecule has 5 nitrogen and oxygen atoms in total. The van der Waals surface area contributed by atoms with E-state index >= 15 is 0 Å². The molecule has 2 aromatic rings. The molecule has 0 fully saturated rings. The van der Waals surface area contributed by atoms with E-state index in [0.29, 0.717) is 17.4 Å². The summed E-state index contributed by atoms with van der Waals surface area (Å²) in [5, 5.41) is 5.50. The molecule has 1 aromatic heterocycles. The van der Waals surface area contributed by atoms with Gasteiger partial charge in [0, 0.05) is 5.38 Å². The first-order valence-electron chi connectivity index (χ1n) is 6.64. The van der Waals surface area contributed by atoms with E-state index < -0.39 is 11.6 Å². The fourth-order valence-electron chi connectivity index (χ4n) is 1.66. The molecule has 1 N–H and O–H groups in total. The highest BCUT2D eigenvalue weighted by Crippen LogP contribution is 2.28. The van der Waals surface area contributed by atoms with Crippen LogP contribution in [0.15, 0.2) is 16.5 Å². The van der Waals surface area contributed by atoms with Crippen LogP contribution in [0.2, 0.25) is 10.0 Å². The molecule has 0 atom stereocenters. The molecule has 10 heteroatoms. The van der Waals surface area contributed by atoms with Gasteiger partial charge in [0.25, 0.3) is 0 Å². The number of nitrogens with zero attached hydrogens (tertiary/aromatic N) is 2. The average molecular weight is 394 g/mol. The van der Waals surface area contributed by atoms with Crippen LogP contribution in [-0.4, -0.2) is 23.8 Å². The van der Waals surface area contributed by atoms with Gasteiger partial charge in [0.2, 0.25) is 5.13 Å². The molecule has 1 aromatic carbocycles. The van der Waals surface area contributed by atoms with Crippen molar-refractivity contribution in [1.82, 2.24) is 4.98 Å². The fraction of sp³-hybridized carbons (Fsp3) is 0.214. The SMILES string of the molecule is CCOC(=O)Cc1csc(NN=Cc2c(F)c(F)cc(Cl)c2Cl)n1. The minimum absolute atomic E-state index is 0.0374. The van der Waals surface area contributed by atoms with Gasteiger partial charge < -0.3 is 4.74 Å². The van der Waals surface area contributed by atoms with E-state index in [0.717, 1.165) is 12.3 Å². The van der Waals surface area contributed by atoms with Gasteiger partial charge in [0.05, 0.1) is 40.5 Å². The molecule has 0 aliphatic rings. The fourth-order valence-corrected chi connectivity index (χ4v) is 2.70. The summed E-state index contributed by atoms with van der Waals surface area (Å²) in [6, 6.07) is 0.784. The Balaban J connectivity index is 2.05. The summed E-state index contributed by atoms with van der Waals surface area (Å²) in [5.74, 6) is -2.67. The molecular weight excluding hydrogens is 383 g/mol. The molecule has 0 saturated carbocycles. The highest BCUT2D eigenvalue weighted by molar-refractivity contribution is 7.13. The summed E-state index contributed by atoms with van der Waals surface area (Å²) in [6.45, 7) is 2.00. The third-order valence-corrected chi connectivity index (χ3v) is 4.28. The quantitative estimate of drug-likeness (QED) is 0.344. The Morgan fingerprint density at radius 3 is 2.96 bits per heavy atom. The second kappa shape index (κ2) is 8.36. The van der Waals surface area contributed by atoms with Crippen LogP contribution in [0.3, 0.4) is 0 Å². The van der Waals surface area contributed by atoms with E-state index in [1.165, 1.54) is 11.3 Å². The number of benzene rings is 1. The Kier molecular flexibility index (Phi) is 6.47. The maximum Gasteiger partial charge on any atom is 0.311 e. The van der Waals surface area contributed by atoms with Crippen LogP contribution in [0, 0.1) is 11.6 Å². The molecule has 0 bridgehead atoms. The van der Waals surface area contributed by atoms with Crippen molar-refractivity contribution in [3.8, 4) is 0 Å². The third-order valence-electron chi connectivity index (χ3n) is 2.68. The van der Waals surface area contributed by atoms with Gasteiger partial charge in [-0.2, -0.15) is 5.10 Å². The predicted molar refractivity (Wildman–Crippen MR) is 90.0 cm³/mol. The molecule has 0 aliphatic heterocycles. The van der Waals surface area contributed by atoms with E-state index in [1.54, 1.807) is 12.3 Å². The second-order valence-corrected chi connectivity index (χ2v) is 6.02. The molecule has 128 valence electrons. The number of hydrogen-bond donors (Lipinski definition) is 1. The molecule has 2 rings (SSSR count). The van der Waals surface area contributed by atoms with Crippen LogP contribution in [0.25, 0.3) is 0 Å². The summed E-state index contributed by atoms with van der Waals surface area (Å²) < 4.78 is 31.8. The topological polar surface area (TPSA) is 63.6 Å². The minimum atomic E-state index is -1.16. The minimum Gasteiger partial charge on any atom is -0.466 e. The first kappa shape index (κ1) is 18.6. The van der Waals surface area contributed by atoms with Crippen molar-refractivity contribution in [2.45, 2.75) is 13.3 Å². The van der Waals surface area contributed by atoms with E-state index in [9.17, 15) is 13.6 Å². The number of hydrogen-bond acceptors (Lipinski definition) is 6. The van der Waals surface area contributed by atoms with Crippen molar-refractivity contribution < 1.29 is 18.3 Å². The van der Waals surface area contributed by atoms with Gasteiger partial charge in [-0.15, -0.1) is 11.3 Å². The van der Waals surface area contributed by atoms with E-state index in [2.05, 4.69) is 15.5 Å². The van der Waals surface area contributed by atoms with Crippen molar-refractivity contribution in [3.05, 3.63) is 44.4 Å². The van der Waals surface area contributed by atoms with E-state index in [-0.39, 0.29) is 28.0 Å². The largest absolute Gasteiger partial charge is 0.466 e. The lowest BCUT2D eigenvalue weighted by Crippen LogP contribution is -2.07. The Morgan fingerprint density at radius 1 is 1.50 bits per heavy atom. The van der Waals surface area contributed by atoms with E-state index in [4.69, 9.17) is 27.9 Å². The summed E-state index contributed by atoms with van der Waals surface area (Å²) in [7, 11) is 0. The normalized spacial score (nSPS) is 11.0. The molecule has 1 heterocycles. The zero-order valence-corrected chi connectivity index (χ0v) is 14.6. The molecule has 0 radical (unpaired) electrons. The van der Waals surface area contributed by atoms with Gasteiger partial charge in [-0.1, -0.05) is 23.2 Å². The Labute approximate surface area is 150 Å².